The molecule has 1 aromatic carbocycles. The van der Waals surface area contributed by atoms with Crippen molar-refractivity contribution in [3.8, 4) is 5.75 Å². The standard InChI is InChI=1S/C16H23NO2/c1-12-8-13(2)11-17(10-12)16(18)9-14-4-6-15(19-3)7-5-14/h4-7,12-13H,8-11H2,1-3H3/t12-,13+. The number of piperidine rings is 1. The van der Waals surface area contributed by atoms with Gasteiger partial charge in [-0.25, -0.2) is 0 Å². The number of methoxy groups -OCH3 is 1. The van der Waals surface area contributed by atoms with E-state index in [-0.39, 0.29) is 5.91 Å². The first-order chi connectivity index (χ1) is 9.08. The fourth-order valence-electron chi connectivity index (χ4n) is 2.90. The van der Waals surface area contributed by atoms with Crippen LogP contribution in [0.5, 0.6) is 5.75 Å². The van der Waals surface area contributed by atoms with Crippen molar-refractivity contribution in [2.75, 3.05) is 20.2 Å². The number of carbonyl (C=O) groups is 1. The van der Waals surface area contributed by atoms with Gasteiger partial charge in [-0.05, 0) is 36.0 Å². The summed E-state index contributed by atoms with van der Waals surface area (Å²) < 4.78 is 5.12. The van der Waals surface area contributed by atoms with Gasteiger partial charge in [0.15, 0.2) is 0 Å². The minimum atomic E-state index is 0.239. The highest BCUT2D eigenvalue weighted by Crippen LogP contribution is 2.22. The molecule has 0 unspecified atom stereocenters. The molecule has 2 rings (SSSR count). The second-order valence-corrected chi connectivity index (χ2v) is 5.77. The van der Waals surface area contributed by atoms with Crippen LogP contribution in [0.1, 0.15) is 25.8 Å². The van der Waals surface area contributed by atoms with E-state index < -0.39 is 0 Å². The molecule has 2 atom stereocenters. The highest BCUT2D eigenvalue weighted by Gasteiger charge is 2.25. The molecule has 1 aliphatic rings. The molecule has 1 aromatic rings. The number of hydrogen-bond donors (Lipinski definition) is 0. The summed E-state index contributed by atoms with van der Waals surface area (Å²) in [4.78, 5) is 14.3. The molecule has 0 saturated carbocycles. The van der Waals surface area contributed by atoms with Gasteiger partial charge in [0, 0.05) is 13.1 Å². The summed E-state index contributed by atoms with van der Waals surface area (Å²) in [6.07, 6.45) is 1.72. The van der Waals surface area contributed by atoms with Crippen LogP contribution in [-0.2, 0) is 11.2 Å². The first-order valence-electron chi connectivity index (χ1n) is 6.99. The normalized spacial score (nSPS) is 23.2. The van der Waals surface area contributed by atoms with Gasteiger partial charge in [-0.2, -0.15) is 0 Å². The lowest BCUT2D eigenvalue weighted by atomic mass is 9.91. The first kappa shape index (κ1) is 13.9. The second-order valence-electron chi connectivity index (χ2n) is 5.77. The van der Waals surface area contributed by atoms with E-state index in [0.717, 1.165) is 24.4 Å². The molecular formula is C16H23NO2. The highest BCUT2D eigenvalue weighted by molar-refractivity contribution is 5.79. The van der Waals surface area contributed by atoms with Crippen molar-refractivity contribution in [2.45, 2.75) is 26.7 Å². The van der Waals surface area contributed by atoms with Crippen molar-refractivity contribution in [2.24, 2.45) is 11.8 Å². The maximum Gasteiger partial charge on any atom is 0.227 e. The molecule has 1 amide bonds. The van der Waals surface area contributed by atoms with Crippen molar-refractivity contribution in [1.29, 1.82) is 0 Å². The predicted molar refractivity (Wildman–Crippen MR) is 76.2 cm³/mol. The Kier molecular flexibility index (Phi) is 4.46. The fourth-order valence-corrected chi connectivity index (χ4v) is 2.90. The number of amides is 1. The molecular weight excluding hydrogens is 238 g/mol. The van der Waals surface area contributed by atoms with Gasteiger partial charge in [-0.1, -0.05) is 26.0 Å². The average Bonchev–Trinajstić information content (AvgIpc) is 2.38. The Morgan fingerprint density at radius 2 is 1.79 bits per heavy atom. The molecule has 0 aromatic heterocycles. The minimum Gasteiger partial charge on any atom is -0.497 e. The van der Waals surface area contributed by atoms with Crippen LogP contribution in [0.25, 0.3) is 0 Å². The van der Waals surface area contributed by atoms with E-state index in [1.54, 1.807) is 7.11 Å². The van der Waals surface area contributed by atoms with Crippen LogP contribution in [0.3, 0.4) is 0 Å². The van der Waals surface area contributed by atoms with Crippen molar-refractivity contribution in [3.05, 3.63) is 29.8 Å². The van der Waals surface area contributed by atoms with Gasteiger partial charge >= 0.3 is 0 Å². The Balaban J connectivity index is 1.96. The molecule has 0 N–H and O–H groups in total. The van der Waals surface area contributed by atoms with Gasteiger partial charge < -0.3 is 9.64 Å². The van der Waals surface area contributed by atoms with Crippen LogP contribution in [0.2, 0.25) is 0 Å². The smallest absolute Gasteiger partial charge is 0.227 e. The van der Waals surface area contributed by atoms with E-state index in [9.17, 15) is 4.79 Å². The molecule has 104 valence electrons. The number of rotatable bonds is 3. The number of hydrogen-bond acceptors (Lipinski definition) is 2. The molecule has 19 heavy (non-hydrogen) atoms. The molecule has 3 heteroatoms. The maximum atomic E-state index is 12.3. The largest absolute Gasteiger partial charge is 0.497 e. The van der Waals surface area contributed by atoms with Crippen LogP contribution in [0.4, 0.5) is 0 Å². The number of likely N-dealkylation sites (tertiary alicyclic amines) is 1. The van der Waals surface area contributed by atoms with E-state index in [0.29, 0.717) is 18.3 Å². The van der Waals surface area contributed by atoms with Crippen LogP contribution in [0.15, 0.2) is 24.3 Å². The van der Waals surface area contributed by atoms with Crippen molar-refractivity contribution >= 4 is 5.91 Å². The van der Waals surface area contributed by atoms with E-state index in [2.05, 4.69) is 13.8 Å². The third-order valence-electron chi connectivity index (χ3n) is 3.74. The van der Waals surface area contributed by atoms with E-state index >= 15 is 0 Å². The van der Waals surface area contributed by atoms with Gasteiger partial charge in [0.2, 0.25) is 5.91 Å². The zero-order chi connectivity index (χ0) is 13.8. The molecule has 0 aliphatic carbocycles. The lowest BCUT2D eigenvalue weighted by molar-refractivity contribution is -0.133. The van der Waals surface area contributed by atoms with Crippen molar-refractivity contribution < 1.29 is 9.53 Å². The molecule has 3 nitrogen and oxygen atoms in total. The molecule has 0 radical (unpaired) electrons. The topological polar surface area (TPSA) is 29.5 Å². The quantitative estimate of drug-likeness (QED) is 0.837. The van der Waals surface area contributed by atoms with Crippen molar-refractivity contribution in [3.63, 3.8) is 0 Å². The summed E-state index contributed by atoms with van der Waals surface area (Å²) in [5, 5.41) is 0. The van der Waals surface area contributed by atoms with Gasteiger partial charge in [0.1, 0.15) is 5.75 Å². The second kappa shape index (κ2) is 6.09. The average molecular weight is 261 g/mol. The monoisotopic (exact) mass is 261 g/mol. The van der Waals surface area contributed by atoms with Crippen LogP contribution >= 0.6 is 0 Å². The predicted octanol–water partition coefficient (Wildman–Crippen LogP) is 2.74. The van der Waals surface area contributed by atoms with Crippen LogP contribution < -0.4 is 4.74 Å². The minimum absolute atomic E-state index is 0.239. The Hall–Kier alpha value is -1.51. The molecule has 1 aliphatic heterocycles. The van der Waals surface area contributed by atoms with Crippen LogP contribution in [-0.4, -0.2) is 31.0 Å². The molecule has 1 saturated heterocycles. The summed E-state index contributed by atoms with van der Waals surface area (Å²) in [5.41, 5.74) is 1.05. The van der Waals surface area contributed by atoms with Gasteiger partial charge in [-0.15, -0.1) is 0 Å². The lowest BCUT2D eigenvalue weighted by Crippen LogP contribution is -2.43. The first-order valence-corrected chi connectivity index (χ1v) is 6.99. The van der Waals surface area contributed by atoms with Gasteiger partial charge in [0.25, 0.3) is 0 Å². The zero-order valence-electron chi connectivity index (χ0n) is 12.1. The molecule has 1 heterocycles. The summed E-state index contributed by atoms with van der Waals surface area (Å²) in [7, 11) is 1.65. The van der Waals surface area contributed by atoms with E-state index in [1.807, 2.05) is 29.2 Å². The summed E-state index contributed by atoms with van der Waals surface area (Å²) in [5.74, 6) is 2.30. The summed E-state index contributed by atoms with van der Waals surface area (Å²) in [6, 6.07) is 7.75. The lowest BCUT2D eigenvalue weighted by Gasteiger charge is -2.35. The number of carbonyl (C=O) groups excluding carboxylic acids is 1. The molecule has 0 bridgehead atoms. The van der Waals surface area contributed by atoms with Crippen LogP contribution in [0, 0.1) is 11.8 Å². The zero-order valence-corrected chi connectivity index (χ0v) is 12.1. The molecule has 1 fully saturated rings. The number of benzene rings is 1. The summed E-state index contributed by atoms with van der Waals surface area (Å²) in [6.45, 7) is 6.26. The Morgan fingerprint density at radius 1 is 1.21 bits per heavy atom. The third kappa shape index (κ3) is 3.72. The van der Waals surface area contributed by atoms with E-state index in [4.69, 9.17) is 4.74 Å². The third-order valence-corrected chi connectivity index (χ3v) is 3.74. The molecule has 0 spiro atoms. The number of ether oxygens (including phenoxy) is 1. The van der Waals surface area contributed by atoms with Gasteiger partial charge in [0.05, 0.1) is 13.5 Å². The maximum absolute atomic E-state index is 12.3. The highest BCUT2D eigenvalue weighted by atomic mass is 16.5. The van der Waals surface area contributed by atoms with E-state index in [1.165, 1.54) is 6.42 Å². The SMILES string of the molecule is COc1ccc(CC(=O)N2C[C@H](C)C[C@H](C)C2)cc1. The Labute approximate surface area is 115 Å². The summed E-state index contributed by atoms with van der Waals surface area (Å²) >= 11 is 0. The van der Waals surface area contributed by atoms with Gasteiger partial charge in [-0.3, -0.25) is 4.79 Å². The fraction of sp³-hybridized carbons (Fsp3) is 0.562. The Bertz CT molecular complexity index is 417. The Morgan fingerprint density at radius 3 is 2.32 bits per heavy atom. The number of nitrogens with zero attached hydrogens (tertiary/aromatic N) is 1. The van der Waals surface area contributed by atoms with Crippen molar-refractivity contribution in [1.82, 2.24) is 4.90 Å².